The Bertz CT molecular complexity index is 566. The molecule has 4 nitrogen and oxygen atoms in total. The summed E-state index contributed by atoms with van der Waals surface area (Å²) in [6.07, 6.45) is 0.525. The number of carboxylic acid groups (broad SMARTS) is 1. The van der Waals surface area contributed by atoms with E-state index < -0.39 is 5.97 Å². The maximum atomic E-state index is 10.6. The van der Waals surface area contributed by atoms with Crippen LogP contribution in [0.25, 0.3) is 0 Å². The number of hydrogen-bond acceptors (Lipinski definition) is 3. The summed E-state index contributed by atoms with van der Waals surface area (Å²) in [6, 6.07) is 17.2. The van der Waals surface area contributed by atoms with Gasteiger partial charge >= 0.3 is 5.97 Å². The molecule has 0 aliphatic carbocycles. The standard InChI is InChI=1S/C17H19NO3/c18-15(11-17(19)20)10-13-6-8-16(9-7-13)21-12-14-4-2-1-3-5-14/h1-9,15H,10-12,18H2,(H,19,20). The molecule has 110 valence electrons. The number of hydrogen-bond donors (Lipinski definition) is 2. The molecule has 0 radical (unpaired) electrons. The molecule has 1 unspecified atom stereocenters. The molecule has 21 heavy (non-hydrogen) atoms. The number of rotatable bonds is 7. The van der Waals surface area contributed by atoms with Gasteiger partial charge in [-0.3, -0.25) is 4.79 Å². The van der Waals surface area contributed by atoms with Crippen molar-refractivity contribution in [3.8, 4) is 5.75 Å². The van der Waals surface area contributed by atoms with Crippen molar-refractivity contribution in [3.63, 3.8) is 0 Å². The maximum Gasteiger partial charge on any atom is 0.304 e. The van der Waals surface area contributed by atoms with Crippen molar-refractivity contribution in [1.29, 1.82) is 0 Å². The highest BCUT2D eigenvalue weighted by atomic mass is 16.5. The highest BCUT2D eigenvalue weighted by Crippen LogP contribution is 2.15. The topological polar surface area (TPSA) is 72.6 Å². The zero-order valence-electron chi connectivity index (χ0n) is 11.7. The van der Waals surface area contributed by atoms with Gasteiger partial charge in [-0.05, 0) is 29.7 Å². The van der Waals surface area contributed by atoms with Crippen LogP contribution in [0.1, 0.15) is 17.5 Å². The monoisotopic (exact) mass is 285 g/mol. The minimum Gasteiger partial charge on any atom is -0.489 e. The zero-order chi connectivity index (χ0) is 15.1. The van der Waals surface area contributed by atoms with Crippen LogP contribution in [0.2, 0.25) is 0 Å². The van der Waals surface area contributed by atoms with Gasteiger partial charge in [-0.15, -0.1) is 0 Å². The molecular formula is C17H19NO3. The van der Waals surface area contributed by atoms with Crippen molar-refractivity contribution in [3.05, 3.63) is 65.7 Å². The molecule has 0 spiro atoms. The number of benzene rings is 2. The fourth-order valence-corrected chi connectivity index (χ4v) is 2.06. The summed E-state index contributed by atoms with van der Waals surface area (Å²) in [5.41, 5.74) is 7.89. The van der Waals surface area contributed by atoms with Crippen LogP contribution in [0.3, 0.4) is 0 Å². The molecule has 3 N–H and O–H groups in total. The molecule has 0 aliphatic rings. The Morgan fingerprint density at radius 1 is 1.05 bits per heavy atom. The second-order valence-corrected chi connectivity index (χ2v) is 4.98. The Hall–Kier alpha value is -2.33. The Morgan fingerprint density at radius 2 is 1.71 bits per heavy atom. The molecule has 0 aromatic heterocycles. The van der Waals surface area contributed by atoms with Gasteiger partial charge in [0.2, 0.25) is 0 Å². The lowest BCUT2D eigenvalue weighted by Crippen LogP contribution is -2.26. The SMILES string of the molecule is NC(CC(=O)O)Cc1ccc(OCc2ccccc2)cc1. The van der Waals surface area contributed by atoms with Crippen LogP contribution in [-0.2, 0) is 17.8 Å². The summed E-state index contributed by atoms with van der Waals surface area (Å²) < 4.78 is 5.69. The van der Waals surface area contributed by atoms with Gasteiger partial charge in [-0.25, -0.2) is 0 Å². The first-order chi connectivity index (χ1) is 10.1. The van der Waals surface area contributed by atoms with Gasteiger partial charge in [0, 0.05) is 6.04 Å². The first kappa shape index (κ1) is 15.1. The van der Waals surface area contributed by atoms with Crippen molar-refractivity contribution in [2.75, 3.05) is 0 Å². The van der Waals surface area contributed by atoms with E-state index in [2.05, 4.69) is 0 Å². The molecule has 0 aliphatic heterocycles. The average Bonchev–Trinajstić information content (AvgIpc) is 2.47. The second-order valence-electron chi connectivity index (χ2n) is 4.98. The zero-order valence-corrected chi connectivity index (χ0v) is 11.7. The van der Waals surface area contributed by atoms with Crippen molar-refractivity contribution in [2.24, 2.45) is 5.73 Å². The fraction of sp³-hybridized carbons (Fsp3) is 0.235. The third-order valence-corrected chi connectivity index (χ3v) is 3.11. The van der Waals surface area contributed by atoms with Crippen molar-refractivity contribution in [2.45, 2.75) is 25.5 Å². The molecule has 4 heteroatoms. The van der Waals surface area contributed by atoms with Crippen LogP contribution in [0.4, 0.5) is 0 Å². The Kier molecular flexibility index (Phi) is 5.35. The first-order valence-electron chi connectivity index (χ1n) is 6.86. The van der Waals surface area contributed by atoms with Crippen molar-refractivity contribution >= 4 is 5.97 Å². The number of aliphatic carboxylic acids is 1. The van der Waals surface area contributed by atoms with Gasteiger partial charge in [0.1, 0.15) is 12.4 Å². The van der Waals surface area contributed by atoms with Gasteiger partial charge in [0.25, 0.3) is 0 Å². The summed E-state index contributed by atoms with van der Waals surface area (Å²) in [6.45, 7) is 0.527. The minimum absolute atomic E-state index is 0.0216. The quantitative estimate of drug-likeness (QED) is 0.820. The van der Waals surface area contributed by atoms with Crippen molar-refractivity contribution < 1.29 is 14.6 Å². The average molecular weight is 285 g/mol. The lowest BCUT2D eigenvalue weighted by molar-refractivity contribution is -0.137. The van der Waals surface area contributed by atoms with Gasteiger partial charge in [-0.2, -0.15) is 0 Å². The molecule has 0 heterocycles. The van der Waals surface area contributed by atoms with E-state index in [9.17, 15) is 4.79 Å². The summed E-state index contributed by atoms with van der Waals surface area (Å²) in [5.74, 6) is -0.0836. The molecule has 0 saturated carbocycles. The lowest BCUT2D eigenvalue weighted by Gasteiger charge is -2.10. The van der Waals surface area contributed by atoms with Crippen LogP contribution in [0, 0.1) is 0 Å². The predicted molar refractivity (Wildman–Crippen MR) is 81.1 cm³/mol. The smallest absolute Gasteiger partial charge is 0.304 e. The van der Waals surface area contributed by atoms with Gasteiger partial charge < -0.3 is 15.6 Å². The number of nitrogens with two attached hydrogens (primary N) is 1. The molecule has 0 bridgehead atoms. The minimum atomic E-state index is -0.870. The Labute approximate surface area is 124 Å². The van der Waals surface area contributed by atoms with E-state index in [1.54, 1.807) is 0 Å². The van der Waals surface area contributed by atoms with E-state index in [0.717, 1.165) is 16.9 Å². The van der Waals surface area contributed by atoms with E-state index in [1.807, 2.05) is 54.6 Å². The van der Waals surface area contributed by atoms with Crippen LogP contribution >= 0.6 is 0 Å². The van der Waals surface area contributed by atoms with Gasteiger partial charge in [-0.1, -0.05) is 42.5 Å². The molecule has 2 aromatic carbocycles. The van der Waals surface area contributed by atoms with E-state index in [4.69, 9.17) is 15.6 Å². The summed E-state index contributed by atoms with van der Waals surface area (Å²) in [7, 11) is 0. The van der Waals surface area contributed by atoms with Gasteiger partial charge in [0.15, 0.2) is 0 Å². The van der Waals surface area contributed by atoms with E-state index in [1.165, 1.54) is 0 Å². The molecule has 0 fully saturated rings. The number of carbonyl (C=O) groups is 1. The maximum absolute atomic E-state index is 10.6. The molecule has 2 rings (SSSR count). The van der Waals surface area contributed by atoms with Crippen LogP contribution < -0.4 is 10.5 Å². The summed E-state index contributed by atoms with van der Waals surface area (Å²) in [5, 5.41) is 8.68. The molecule has 0 amide bonds. The molecule has 2 aromatic rings. The Balaban J connectivity index is 1.85. The largest absolute Gasteiger partial charge is 0.489 e. The van der Waals surface area contributed by atoms with E-state index >= 15 is 0 Å². The lowest BCUT2D eigenvalue weighted by atomic mass is 10.0. The second kappa shape index (κ2) is 7.45. The predicted octanol–water partition coefficient (Wildman–Crippen LogP) is 2.61. The number of carboxylic acids is 1. The summed E-state index contributed by atoms with van der Waals surface area (Å²) in [4.78, 5) is 10.6. The number of ether oxygens (including phenoxy) is 1. The van der Waals surface area contributed by atoms with Gasteiger partial charge in [0.05, 0.1) is 6.42 Å². The molecule has 1 atom stereocenters. The van der Waals surface area contributed by atoms with Crippen LogP contribution in [0.5, 0.6) is 5.75 Å². The molecule has 0 saturated heterocycles. The Morgan fingerprint density at radius 3 is 2.33 bits per heavy atom. The fourth-order valence-electron chi connectivity index (χ4n) is 2.06. The third-order valence-electron chi connectivity index (χ3n) is 3.11. The van der Waals surface area contributed by atoms with E-state index in [0.29, 0.717) is 13.0 Å². The first-order valence-corrected chi connectivity index (χ1v) is 6.86. The normalized spacial score (nSPS) is 11.9. The van der Waals surface area contributed by atoms with Crippen molar-refractivity contribution in [1.82, 2.24) is 0 Å². The van der Waals surface area contributed by atoms with E-state index in [-0.39, 0.29) is 12.5 Å². The highest BCUT2D eigenvalue weighted by molar-refractivity contribution is 5.67. The third kappa shape index (κ3) is 5.28. The highest BCUT2D eigenvalue weighted by Gasteiger charge is 2.08. The van der Waals surface area contributed by atoms with Crippen LogP contribution in [-0.4, -0.2) is 17.1 Å². The van der Waals surface area contributed by atoms with Crippen LogP contribution in [0.15, 0.2) is 54.6 Å². The molecular weight excluding hydrogens is 266 g/mol. The summed E-state index contributed by atoms with van der Waals surface area (Å²) >= 11 is 0.